The fourth-order valence-corrected chi connectivity index (χ4v) is 3.61. The minimum Gasteiger partial charge on any atom is -0.383 e. The largest absolute Gasteiger partial charge is 0.383 e. The number of carbonyl (C=O) groups is 2. The first-order valence-electron chi connectivity index (χ1n) is 9.90. The van der Waals surface area contributed by atoms with Crippen molar-refractivity contribution in [3.8, 4) is 5.69 Å². The molecule has 1 aliphatic heterocycles. The first-order valence-corrected chi connectivity index (χ1v) is 10.3. The quantitative estimate of drug-likeness (QED) is 0.552. The van der Waals surface area contributed by atoms with Gasteiger partial charge in [-0.15, -0.1) is 5.10 Å². The molecule has 2 amide bonds. The van der Waals surface area contributed by atoms with E-state index in [0.29, 0.717) is 16.3 Å². The topological polar surface area (TPSA) is 126 Å². The van der Waals surface area contributed by atoms with E-state index in [1.807, 2.05) is 30.3 Å². The average Bonchev–Trinajstić information content (AvgIpc) is 3.50. The summed E-state index contributed by atoms with van der Waals surface area (Å²) in [5.74, 6) is -1.02. The van der Waals surface area contributed by atoms with Crippen molar-refractivity contribution in [1.29, 1.82) is 0 Å². The number of aromatic nitrogens is 4. The molecule has 0 aliphatic carbocycles. The van der Waals surface area contributed by atoms with E-state index in [0.717, 1.165) is 10.6 Å². The molecule has 2 aromatic carbocycles. The van der Waals surface area contributed by atoms with E-state index in [1.165, 1.54) is 17.2 Å². The average molecular weight is 454 g/mol. The summed E-state index contributed by atoms with van der Waals surface area (Å²) in [4.78, 5) is 25.6. The second-order valence-corrected chi connectivity index (χ2v) is 7.62. The number of hydrazone groups is 1. The molecule has 10 nitrogen and oxygen atoms in total. The molecule has 0 bridgehead atoms. The molecule has 0 radical (unpaired) electrons. The second kappa shape index (κ2) is 9.67. The number of tetrazole rings is 1. The molecule has 0 saturated carbocycles. The zero-order valence-electron chi connectivity index (χ0n) is 16.9. The zero-order valence-corrected chi connectivity index (χ0v) is 17.6. The van der Waals surface area contributed by atoms with Crippen LogP contribution in [0.25, 0.3) is 5.69 Å². The van der Waals surface area contributed by atoms with Crippen LogP contribution in [-0.4, -0.2) is 60.5 Å². The van der Waals surface area contributed by atoms with E-state index in [-0.39, 0.29) is 19.4 Å². The first kappa shape index (κ1) is 21.6. The third kappa shape index (κ3) is 4.82. The number of nitrogens with zero attached hydrogens (tertiary/aromatic N) is 6. The SMILES string of the molecule is O=C(NCc1cc(Cl)ccc1-n1cnnn1)[C@@H]1CC=NN1C(=O)[C@H](O)Cc1ccccc1. The second-order valence-electron chi connectivity index (χ2n) is 7.18. The summed E-state index contributed by atoms with van der Waals surface area (Å²) < 4.78 is 1.46. The van der Waals surface area contributed by atoms with Gasteiger partial charge in [-0.25, -0.2) is 9.69 Å². The molecule has 0 unspecified atom stereocenters. The van der Waals surface area contributed by atoms with Crippen LogP contribution in [0.5, 0.6) is 0 Å². The molecule has 4 rings (SSSR count). The Labute approximate surface area is 188 Å². The molecule has 2 atom stereocenters. The Hall–Kier alpha value is -3.63. The normalized spacial score (nSPS) is 16.2. The Morgan fingerprint density at radius 1 is 1.22 bits per heavy atom. The molecule has 0 fully saturated rings. The summed E-state index contributed by atoms with van der Waals surface area (Å²) in [7, 11) is 0. The van der Waals surface area contributed by atoms with Gasteiger partial charge in [0.2, 0.25) is 5.91 Å². The van der Waals surface area contributed by atoms with Crippen LogP contribution in [0.1, 0.15) is 17.5 Å². The summed E-state index contributed by atoms with van der Waals surface area (Å²) in [6, 6.07) is 13.5. The van der Waals surface area contributed by atoms with Crippen LogP contribution in [0.2, 0.25) is 5.02 Å². The lowest BCUT2D eigenvalue weighted by Gasteiger charge is -2.23. The van der Waals surface area contributed by atoms with Gasteiger partial charge in [-0.1, -0.05) is 41.9 Å². The summed E-state index contributed by atoms with van der Waals surface area (Å²) in [6.07, 6.45) is 2.02. The van der Waals surface area contributed by atoms with Crippen LogP contribution in [0.15, 0.2) is 60.0 Å². The van der Waals surface area contributed by atoms with Crippen molar-refractivity contribution in [3.63, 3.8) is 0 Å². The molecular weight excluding hydrogens is 434 g/mol. The molecule has 2 N–H and O–H groups in total. The van der Waals surface area contributed by atoms with Gasteiger partial charge in [0.15, 0.2) is 0 Å². The highest BCUT2D eigenvalue weighted by Gasteiger charge is 2.35. The number of halogens is 1. The third-order valence-corrected chi connectivity index (χ3v) is 5.24. The number of benzene rings is 2. The van der Waals surface area contributed by atoms with Crippen molar-refractivity contribution in [1.82, 2.24) is 30.5 Å². The number of carbonyl (C=O) groups excluding carboxylic acids is 2. The van der Waals surface area contributed by atoms with Crippen LogP contribution < -0.4 is 5.32 Å². The molecule has 11 heteroatoms. The monoisotopic (exact) mass is 453 g/mol. The number of aliphatic hydroxyl groups excluding tert-OH is 1. The van der Waals surface area contributed by atoms with Crippen LogP contribution in [0.4, 0.5) is 0 Å². The lowest BCUT2D eigenvalue weighted by molar-refractivity contribution is -0.146. The van der Waals surface area contributed by atoms with E-state index >= 15 is 0 Å². The molecule has 32 heavy (non-hydrogen) atoms. The maximum absolute atomic E-state index is 12.9. The van der Waals surface area contributed by atoms with Crippen LogP contribution in [-0.2, 0) is 22.6 Å². The van der Waals surface area contributed by atoms with Crippen molar-refractivity contribution < 1.29 is 14.7 Å². The number of hydrogen-bond donors (Lipinski definition) is 2. The molecule has 164 valence electrons. The first-order chi connectivity index (χ1) is 15.5. The summed E-state index contributed by atoms with van der Waals surface area (Å²) in [5, 5.41) is 29.9. The van der Waals surface area contributed by atoms with Gasteiger partial charge in [-0.05, 0) is 39.8 Å². The highest BCUT2D eigenvalue weighted by Crippen LogP contribution is 2.20. The predicted molar refractivity (Wildman–Crippen MR) is 116 cm³/mol. The van der Waals surface area contributed by atoms with Gasteiger partial charge in [0.05, 0.1) is 5.69 Å². The van der Waals surface area contributed by atoms with Crippen LogP contribution in [0.3, 0.4) is 0 Å². The molecule has 3 aromatic rings. The van der Waals surface area contributed by atoms with Gasteiger partial charge in [0, 0.05) is 30.6 Å². The molecule has 1 aliphatic rings. The molecular formula is C21H20ClN7O3. The highest BCUT2D eigenvalue weighted by molar-refractivity contribution is 6.30. The van der Waals surface area contributed by atoms with Crippen molar-refractivity contribution in [2.45, 2.75) is 31.5 Å². The standard InChI is InChI=1S/C21H20ClN7O3/c22-16-6-7-17(28-13-24-26-27-28)15(11-16)12-23-20(31)18-8-9-25-29(18)21(32)19(30)10-14-4-2-1-3-5-14/h1-7,9,11,13,18-19,30H,8,10,12H2,(H,23,31)/t18-,19+/m0/s1. The Morgan fingerprint density at radius 3 is 2.78 bits per heavy atom. The van der Waals surface area contributed by atoms with Crippen molar-refractivity contribution in [3.05, 3.63) is 71.0 Å². The fourth-order valence-electron chi connectivity index (χ4n) is 3.41. The number of nitrogens with one attached hydrogen (secondary N) is 1. The maximum atomic E-state index is 12.9. The van der Waals surface area contributed by atoms with Crippen molar-refractivity contribution >= 4 is 29.6 Å². The Kier molecular flexibility index (Phi) is 6.52. The lowest BCUT2D eigenvalue weighted by atomic mass is 10.1. The minimum absolute atomic E-state index is 0.137. The summed E-state index contributed by atoms with van der Waals surface area (Å²) in [5.41, 5.74) is 2.17. The Morgan fingerprint density at radius 2 is 2.03 bits per heavy atom. The fraction of sp³-hybridized carbons (Fsp3) is 0.238. The highest BCUT2D eigenvalue weighted by atomic mass is 35.5. The third-order valence-electron chi connectivity index (χ3n) is 5.01. The molecule has 0 spiro atoms. The number of aliphatic hydroxyl groups is 1. The van der Waals surface area contributed by atoms with Gasteiger partial charge < -0.3 is 10.4 Å². The Balaban J connectivity index is 1.41. The minimum atomic E-state index is -1.30. The van der Waals surface area contributed by atoms with Crippen molar-refractivity contribution in [2.24, 2.45) is 5.10 Å². The Bertz CT molecular complexity index is 1120. The molecule has 1 aromatic heterocycles. The van der Waals surface area contributed by atoms with E-state index in [9.17, 15) is 14.7 Å². The van der Waals surface area contributed by atoms with Crippen molar-refractivity contribution in [2.75, 3.05) is 0 Å². The van der Waals surface area contributed by atoms with E-state index in [1.54, 1.807) is 18.2 Å². The van der Waals surface area contributed by atoms with Gasteiger partial charge in [-0.2, -0.15) is 5.10 Å². The zero-order chi connectivity index (χ0) is 22.5. The summed E-state index contributed by atoms with van der Waals surface area (Å²) in [6.45, 7) is 0.139. The van der Waals surface area contributed by atoms with Crippen LogP contribution in [0, 0.1) is 0 Å². The lowest BCUT2D eigenvalue weighted by Crippen LogP contribution is -2.48. The van der Waals surface area contributed by atoms with Gasteiger partial charge >= 0.3 is 0 Å². The number of amides is 2. The van der Waals surface area contributed by atoms with Gasteiger partial charge in [-0.3, -0.25) is 9.59 Å². The smallest absolute Gasteiger partial charge is 0.272 e. The maximum Gasteiger partial charge on any atom is 0.272 e. The van der Waals surface area contributed by atoms with Gasteiger partial charge in [0.1, 0.15) is 18.5 Å². The van der Waals surface area contributed by atoms with E-state index in [4.69, 9.17) is 11.6 Å². The van der Waals surface area contributed by atoms with Crippen LogP contribution >= 0.6 is 11.6 Å². The summed E-state index contributed by atoms with van der Waals surface area (Å²) >= 11 is 6.11. The van der Waals surface area contributed by atoms with Gasteiger partial charge in [0.25, 0.3) is 5.91 Å². The predicted octanol–water partition coefficient (Wildman–Crippen LogP) is 1.12. The van der Waals surface area contributed by atoms with E-state index < -0.39 is 24.0 Å². The molecule has 2 heterocycles. The molecule has 0 saturated heterocycles. The van der Waals surface area contributed by atoms with E-state index in [2.05, 4.69) is 25.9 Å². The number of rotatable bonds is 7. The number of hydrogen-bond acceptors (Lipinski definition) is 7.